The molecule has 3 aliphatic rings. The topological polar surface area (TPSA) is 84.5 Å². The molecule has 1 aliphatic carbocycles. The number of fused-ring (bicyclic) bond motifs is 1. The number of hydrogen-bond acceptors (Lipinski definition) is 7. The van der Waals surface area contributed by atoms with Gasteiger partial charge in [0.2, 0.25) is 0 Å². The molecule has 1 unspecified atom stereocenters. The molecule has 11 heteroatoms. The highest BCUT2D eigenvalue weighted by Gasteiger charge is 2.62. The first-order valence-corrected chi connectivity index (χ1v) is 13.7. The Morgan fingerprint density at radius 3 is 2.63 bits per heavy atom. The van der Waals surface area contributed by atoms with Crippen molar-refractivity contribution in [1.82, 2.24) is 19.4 Å². The van der Waals surface area contributed by atoms with Gasteiger partial charge in [-0.3, -0.25) is 4.90 Å². The number of nitrogen functional groups attached to an aromatic ring is 1. The molecule has 0 spiro atoms. The van der Waals surface area contributed by atoms with Crippen LogP contribution in [0.3, 0.4) is 0 Å². The summed E-state index contributed by atoms with van der Waals surface area (Å²) < 4.78 is 36.7. The van der Waals surface area contributed by atoms with Crippen LogP contribution in [0.4, 0.5) is 20.3 Å². The highest BCUT2D eigenvalue weighted by molar-refractivity contribution is 6.30. The number of hydrogen-bond donors (Lipinski definition) is 2. The molecular formula is C27H34ClF2N7O. The molecule has 1 aromatic carbocycles. The van der Waals surface area contributed by atoms with Gasteiger partial charge in [-0.05, 0) is 44.4 Å². The van der Waals surface area contributed by atoms with Crippen LogP contribution >= 0.6 is 11.6 Å². The number of aromatic nitrogens is 3. The molecule has 0 bridgehead atoms. The zero-order valence-electron chi connectivity index (χ0n) is 21.7. The van der Waals surface area contributed by atoms with Crippen molar-refractivity contribution in [3.63, 3.8) is 0 Å². The molecule has 3 N–H and O–H groups in total. The van der Waals surface area contributed by atoms with Crippen LogP contribution in [0.15, 0.2) is 36.7 Å². The van der Waals surface area contributed by atoms with Crippen LogP contribution in [0.1, 0.15) is 44.7 Å². The molecule has 2 aromatic heterocycles. The van der Waals surface area contributed by atoms with Gasteiger partial charge in [0.1, 0.15) is 11.3 Å². The largest absolute Gasteiger partial charge is 0.376 e. The van der Waals surface area contributed by atoms with E-state index in [2.05, 4.69) is 29.1 Å². The van der Waals surface area contributed by atoms with Gasteiger partial charge in [0.15, 0.2) is 5.65 Å². The van der Waals surface area contributed by atoms with Gasteiger partial charge < -0.3 is 19.6 Å². The molecule has 5 atom stereocenters. The van der Waals surface area contributed by atoms with Gasteiger partial charge in [-0.15, -0.1) is 0 Å². The summed E-state index contributed by atoms with van der Waals surface area (Å²) in [7, 11) is 0. The molecule has 1 saturated carbocycles. The molecule has 6 rings (SSSR count). The lowest BCUT2D eigenvalue weighted by atomic mass is 9.95. The molecule has 8 nitrogen and oxygen atoms in total. The number of hydrazine groups is 1. The number of imidazole rings is 1. The summed E-state index contributed by atoms with van der Waals surface area (Å²) in [5.41, 5.74) is 6.09. The summed E-state index contributed by atoms with van der Waals surface area (Å²) in [4.78, 5) is 14.0. The Labute approximate surface area is 226 Å². The van der Waals surface area contributed by atoms with Gasteiger partial charge in [0.05, 0.1) is 24.7 Å². The zero-order chi connectivity index (χ0) is 26.6. The fraction of sp³-hybridized carbons (Fsp3) is 0.556. The second-order valence-corrected chi connectivity index (χ2v) is 11.4. The van der Waals surface area contributed by atoms with Crippen LogP contribution in [0.2, 0.25) is 5.02 Å². The number of nitrogens with two attached hydrogens (primary N) is 1. The first kappa shape index (κ1) is 25.7. The molecule has 2 aliphatic heterocycles. The van der Waals surface area contributed by atoms with Crippen molar-refractivity contribution in [2.45, 2.75) is 69.8 Å². The van der Waals surface area contributed by atoms with E-state index in [4.69, 9.17) is 32.1 Å². The maximum Gasteiger partial charge on any atom is 0.253 e. The van der Waals surface area contributed by atoms with Gasteiger partial charge in [0, 0.05) is 61.2 Å². The average Bonchev–Trinajstić information content (AvgIpc) is 3.25. The monoisotopic (exact) mass is 545 g/mol. The van der Waals surface area contributed by atoms with E-state index in [1.807, 2.05) is 29.1 Å². The predicted molar refractivity (Wildman–Crippen MR) is 145 cm³/mol. The Balaban J connectivity index is 1.30. The lowest BCUT2D eigenvalue weighted by Gasteiger charge is -2.48. The van der Waals surface area contributed by atoms with Gasteiger partial charge in [0.25, 0.3) is 5.92 Å². The van der Waals surface area contributed by atoms with Crippen LogP contribution in [0, 0.1) is 5.92 Å². The molecule has 3 fully saturated rings. The van der Waals surface area contributed by atoms with Gasteiger partial charge in [-0.25, -0.2) is 24.6 Å². The summed E-state index contributed by atoms with van der Waals surface area (Å²) in [5, 5.41) is 0.603. The number of rotatable bonds is 7. The molecule has 2 saturated heterocycles. The van der Waals surface area contributed by atoms with Crippen molar-refractivity contribution in [1.29, 1.82) is 0 Å². The second-order valence-electron chi connectivity index (χ2n) is 11.0. The third kappa shape index (κ3) is 4.72. The van der Waals surface area contributed by atoms with Gasteiger partial charge >= 0.3 is 0 Å². The van der Waals surface area contributed by atoms with E-state index in [0.717, 1.165) is 41.9 Å². The standard InChI is InChI=1S/C27H34ClF2N7O/c1-16-13-37(25(21-11-27(21,29)30)18-5-7-19(28)8-6-18)17(2)12-36(16)22-10-23(34-31)33-26-24(22)32-15-35(26)14-20-4-3-9-38-20/h5-8,10,15-17,20-21,25H,3-4,9,11-14,31H2,1-2H3,(H,33,34)/t16-,17+,20-,21-,25?/m0/s1. The van der Waals surface area contributed by atoms with Crippen molar-refractivity contribution < 1.29 is 13.5 Å². The Morgan fingerprint density at radius 1 is 1.21 bits per heavy atom. The van der Waals surface area contributed by atoms with Crippen molar-refractivity contribution in [2.75, 3.05) is 30.0 Å². The number of ether oxygens (including phenoxy) is 1. The normalized spacial score (nSPS) is 28.1. The van der Waals surface area contributed by atoms with E-state index in [0.29, 0.717) is 30.5 Å². The smallest absolute Gasteiger partial charge is 0.253 e. The van der Waals surface area contributed by atoms with Gasteiger partial charge in [-0.2, -0.15) is 0 Å². The Morgan fingerprint density at radius 2 is 1.97 bits per heavy atom. The third-order valence-corrected chi connectivity index (χ3v) is 8.54. The fourth-order valence-electron chi connectivity index (χ4n) is 6.22. The summed E-state index contributed by atoms with van der Waals surface area (Å²) in [5.74, 6) is 3.03. The third-order valence-electron chi connectivity index (χ3n) is 8.29. The molecule has 4 heterocycles. The van der Waals surface area contributed by atoms with E-state index < -0.39 is 11.8 Å². The minimum Gasteiger partial charge on any atom is -0.376 e. The lowest BCUT2D eigenvalue weighted by Crippen LogP contribution is -2.58. The number of pyridine rings is 1. The molecular weight excluding hydrogens is 512 g/mol. The van der Waals surface area contributed by atoms with Crippen LogP contribution < -0.4 is 16.2 Å². The van der Waals surface area contributed by atoms with Crippen LogP contribution in [-0.2, 0) is 11.3 Å². The number of benzene rings is 1. The summed E-state index contributed by atoms with van der Waals surface area (Å²) in [6.07, 6.45) is 3.97. The minimum absolute atomic E-state index is 0.0229. The first-order valence-electron chi connectivity index (χ1n) is 13.3. The Bertz CT molecular complexity index is 1300. The van der Waals surface area contributed by atoms with E-state index in [9.17, 15) is 8.78 Å². The lowest BCUT2D eigenvalue weighted by molar-refractivity contribution is 0.0394. The number of alkyl halides is 2. The number of anilines is 2. The quantitative estimate of drug-likeness (QED) is 0.324. The Kier molecular flexibility index (Phi) is 6.70. The van der Waals surface area contributed by atoms with Crippen molar-refractivity contribution in [3.05, 3.63) is 47.2 Å². The van der Waals surface area contributed by atoms with E-state index in [1.165, 1.54) is 0 Å². The van der Waals surface area contributed by atoms with Crippen molar-refractivity contribution >= 4 is 34.3 Å². The number of nitrogens with one attached hydrogen (secondary N) is 1. The molecule has 204 valence electrons. The summed E-state index contributed by atoms with van der Waals surface area (Å²) in [6, 6.07) is 8.98. The number of nitrogens with zero attached hydrogens (tertiary/aromatic N) is 5. The average molecular weight is 546 g/mol. The maximum atomic E-state index is 14.4. The van der Waals surface area contributed by atoms with Crippen molar-refractivity contribution in [3.8, 4) is 0 Å². The van der Waals surface area contributed by atoms with Crippen molar-refractivity contribution in [2.24, 2.45) is 11.8 Å². The molecule has 0 amide bonds. The minimum atomic E-state index is -2.64. The first-order chi connectivity index (χ1) is 18.2. The van der Waals surface area contributed by atoms with Gasteiger partial charge in [-0.1, -0.05) is 23.7 Å². The maximum absolute atomic E-state index is 14.4. The predicted octanol–water partition coefficient (Wildman–Crippen LogP) is 4.84. The van der Waals surface area contributed by atoms with E-state index in [-0.39, 0.29) is 30.7 Å². The number of halogens is 3. The summed E-state index contributed by atoms with van der Waals surface area (Å²) in [6.45, 7) is 7.01. The zero-order valence-corrected chi connectivity index (χ0v) is 22.4. The Hall–Kier alpha value is -2.53. The van der Waals surface area contributed by atoms with Crippen LogP contribution in [0.25, 0.3) is 11.2 Å². The van der Waals surface area contributed by atoms with Crippen LogP contribution in [-0.4, -0.2) is 63.2 Å². The highest BCUT2D eigenvalue weighted by atomic mass is 35.5. The highest BCUT2D eigenvalue weighted by Crippen LogP contribution is 2.57. The number of piperazine rings is 1. The van der Waals surface area contributed by atoms with E-state index in [1.54, 1.807) is 12.1 Å². The van der Waals surface area contributed by atoms with E-state index >= 15 is 0 Å². The fourth-order valence-corrected chi connectivity index (χ4v) is 6.35. The molecule has 3 aromatic rings. The molecule has 0 radical (unpaired) electrons. The second kappa shape index (κ2) is 9.89. The SMILES string of the molecule is C[C@@H]1CN(c2cc(NN)nc3c2ncn3C[C@@H]2CCCO2)[C@@H](C)CN1C(c1ccc(Cl)cc1)[C@@H]1CC1(F)F. The van der Waals surface area contributed by atoms with Crippen LogP contribution in [0.5, 0.6) is 0 Å². The summed E-state index contributed by atoms with van der Waals surface area (Å²) >= 11 is 6.11. The molecule has 38 heavy (non-hydrogen) atoms.